The molecular weight excluding hydrogens is 500 g/mol. The van der Waals surface area contributed by atoms with E-state index in [2.05, 4.69) is 34.6 Å². The Morgan fingerprint density at radius 3 is 2.38 bits per heavy atom. The molecule has 0 unspecified atom stereocenters. The third-order valence-electron chi connectivity index (χ3n) is 13.1. The summed E-state index contributed by atoms with van der Waals surface area (Å²) in [5, 5.41) is 0. The Morgan fingerprint density at radius 1 is 0.949 bits per heavy atom. The number of fused-ring (bicyclic) bond motifs is 4. The Hall–Kier alpha value is -1.22. The number of hydrogen-bond acceptors (Lipinski definition) is 8. The Morgan fingerprint density at radius 2 is 1.69 bits per heavy atom. The van der Waals surface area contributed by atoms with Crippen LogP contribution < -0.4 is 0 Å². The fourth-order valence-electron chi connectivity index (χ4n) is 11.6. The average molecular weight is 547 g/mol. The molecule has 4 saturated heterocycles. The molecule has 12 atom stereocenters. The first-order valence-corrected chi connectivity index (χ1v) is 15.3. The normalized spacial score (nSPS) is 56.8. The summed E-state index contributed by atoms with van der Waals surface area (Å²) in [6.07, 6.45) is 6.91. The standard InChI is InChI=1S/C31H46O8/c1-17-13-30(14-18(2)25(33)37-30)35-19-15-28(6)21-9-8-20-26(3,4)36-22(12-23(32)34-7)31(20)16-29(21,38-39-31)11-10-27(28,5)24(17)19/h17-22,24H,8-16H2,1-7H3/t17-,18-,19-,20+,21+,22-,24+,27-,28+,29-,30+,31+/m1/s1. The van der Waals surface area contributed by atoms with Crippen LogP contribution in [0.3, 0.4) is 0 Å². The molecule has 0 aromatic heterocycles. The first kappa shape index (κ1) is 26.7. The maximum Gasteiger partial charge on any atom is 0.311 e. The van der Waals surface area contributed by atoms with Crippen LogP contribution in [0.4, 0.5) is 0 Å². The van der Waals surface area contributed by atoms with Crippen molar-refractivity contribution in [3.63, 3.8) is 0 Å². The second-order valence-corrected chi connectivity index (χ2v) is 15.4. The highest BCUT2D eigenvalue weighted by molar-refractivity contribution is 5.74. The van der Waals surface area contributed by atoms with Gasteiger partial charge in [0.15, 0.2) is 0 Å². The number of ether oxygens (including phenoxy) is 4. The smallest absolute Gasteiger partial charge is 0.311 e. The number of hydrogen-bond donors (Lipinski definition) is 0. The van der Waals surface area contributed by atoms with Crippen LogP contribution >= 0.6 is 0 Å². The molecule has 4 aliphatic heterocycles. The van der Waals surface area contributed by atoms with Gasteiger partial charge in [-0.2, -0.15) is 0 Å². The van der Waals surface area contributed by atoms with Crippen LogP contribution in [0.15, 0.2) is 0 Å². The van der Waals surface area contributed by atoms with Gasteiger partial charge in [-0.05, 0) is 74.5 Å². The van der Waals surface area contributed by atoms with Gasteiger partial charge >= 0.3 is 11.9 Å². The van der Waals surface area contributed by atoms with Gasteiger partial charge in [-0.1, -0.05) is 27.7 Å². The molecule has 0 radical (unpaired) electrons. The third kappa shape index (κ3) is 3.26. The van der Waals surface area contributed by atoms with Crippen molar-refractivity contribution in [2.24, 2.45) is 40.4 Å². The number of esters is 2. The lowest BCUT2D eigenvalue weighted by molar-refractivity contribution is -0.388. The molecule has 8 heteroatoms. The highest BCUT2D eigenvalue weighted by Gasteiger charge is 2.78. The Balaban J connectivity index is 1.24. The molecule has 39 heavy (non-hydrogen) atoms. The second-order valence-electron chi connectivity index (χ2n) is 15.4. The number of rotatable bonds is 2. The van der Waals surface area contributed by atoms with E-state index >= 15 is 0 Å². The van der Waals surface area contributed by atoms with Gasteiger partial charge in [0.25, 0.3) is 0 Å². The molecule has 3 saturated carbocycles. The van der Waals surface area contributed by atoms with Crippen molar-refractivity contribution in [1.29, 1.82) is 0 Å². The predicted octanol–water partition coefficient (Wildman–Crippen LogP) is 5.11. The van der Waals surface area contributed by atoms with Crippen molar-refractivity contribution < 1.29 is 38.3 Å². The highest BCUT2D eigenvalue weighted by atomic mass is 17.2. The minimum absolute atomic E-state index is 0.0228. The van der Waals surface area contributed by atoms with Crippen molar-refractivity contribution >= 4 is 11.9 Å². The summed E-state index contributed by atoms with van der Waals surface area (Å²) in [7, 11) is 1.43. The lowest BCUT2D eigenvalue weighted by Crippen LogP contribution is -2.58. The van der Waals surface area contributed by atoms with Crippen molar-refractivity contribution in [2.75, 3.05) is 7.11 Å². The van der Waals surface area contributed by atoms with Crippen molar-refractivity contribution in [3.8, 4) is 0 Å². The molecule has 8 nitrogen and oxygen atoms in total. The van der Waals surface area contributed by atoms with Gasteiger partial charge in [-0.25, -0.2) is 9.78 Å². The van der Waals surface area contributed by atoms with E-state index in [0.29, 0.717) is 24.2 Å². The molecule has 7 aliphatic rings. The van der Waals surface area contributed by atoms with Crippen molar-refractivity contribution in [3.05, 3.63) is 0 Å². The van der Waals surface area contributed by atoms with Crippen molar-refractivity contribution in [1.82, 2.24) is 0 Å². The van der Waals surface area contributed by atoms with Crippen LogP contribution in [0, 0.1) is 40.4 Å². The minimum Gasteiger partial charge on any atom is -0.469 e. The summed E-state index contributed by atoms with van der Waals surface area (Å²) in [5.41, 5.74) is -1.43. The lowest BCUT2D eigenvalue weighted by Gasteiger charge is -2.59. The quantitative estimate of drug-likeness (QED) is 0.349. The van der Waals surface area contributed by atoms with Gasteiger partial charge in [0.05, 0.1) is 31.2 Å². The molecule has 4 heterocycles. The molecule has 3 aliphatic carbocycles. The summed E-state index contributed by atoms with van der Waals surface area (Å²) in [6.45, 7) is 13.5. The molecular formula is C31H46O8. The average Bonchev–Trinajstić information content (AvgIpc) is 3.43. The first-order chi connectivity index (χ1) is 18.2. The Bertz CT molecular complexity index is 1090. The van der Waals surface area contributed by atoms with E-state index in [1.54, 1.807) is 0 Å². The van der Waals surface area contributed by atoms with Gasteiger partial charge in [0.2, 0.25) is 5.79 Å². The zero-order chi connectivity index (χ0) is 27.8. The highest BCUT2D eigenvalue weighted by Crippen LogP contribution is 2.76. The number of methoxy groups -OCH3 is 1. The molecule has 7 fully saturated rings. The fourth-order valence-corrected chi connectivity index (χ4v) is 11.6. The minimum atomic E-state index is -0.769. The van der Waals surface area contributed by atoms with Crippen molar-refractivity contribution in [2.45, 2.75) is 134 Å². The lowest BCUT2D eigenvalue weighted by atomic mass is 9.46. The van der Waals surface area contributed by atoms with Gasteiger partial charge in [0.1, 0.15) is 17.3 Å². The van der Waals surface area contributed by atoms with Gasteiger partial charge in [-0.15, -0.1) is 0 Å². The largest absolute Gasteiger partial charge is 0.469 e. The maximum absolute atomic E-state index is 12.4. The molecule has 2 bridgehead atoms. The van der Waals surface area contributed by atoms with E-state index in [-0.39, 0.29) is 47.1 Å². The molecule has 0 aromatic carbocycles. The predicted molar refractivity (Wildman–Crippen MR) is 139 cm³/mol. The zero-order valence-electron chi connectivity index (χ0n) is 24.7. The number of carbonyl (C=O) groups is 2. The summed E-state index contributed by atoms with van der Waals surface area (Å²) in [4.78, 5) is 37.9. The van der Waals surface area contributed by atoms with E-state index < -0.39 is 28.7 Å². The first-order valence-electron chi connectivity index (χ1n) is 15.3. The van der Waals surface area contributed by atoms with Crippen LogP contribution in [-0.2, 0) is 38.3 Å². The molecule has 0 aromatic rings. The van der Waals surface area contributed by atoms with Gasteiger partial charge < -0.3 is 18.9 Å². The Labute approximate surface area is 232 Å². The van der Waals surface area contributed by atoms with E-state index in [9.17, 15) is 9.59 Å². The van der Waals surface area contributed by atoms with Crippen LogP contribution in [0.1, 0.15) is 99.3 Å². The zero-order valence-corrected chi connectivity index (χ0v) is 24.7. The molecule has 3 spiro atoms. The van der Waals surface area contributed by atoms with E-state index in [0.717, 1.165) is 44.9 Å². The van der Waals surface area contributed by atoms with Gasteiger partial charge in [-0.3, -0.25) is 9.59 Å². The van der Waals surface area contributed by atoms with E-state index in [4.69, 9.17) is 28.7 Å². The summed E-state index contributed by atoms with van der Waals surface area (Å²) in [5.74, 6) is -0.0574. The fraction of sp³-hybridized carbons (Fsp3) is 0.935. The van der Waals surface area contributed by atoms with Crippen LogP contribution in [0.2, 0.25) is 0 Å². The molecule has 0 amide bonds. The second kappa shape index (κ2) is 7.99. The SMILES string of the molecule is COC(=O)C[C@H]1OC(C)(C)[C@@H]2CC[C@@H]3[C@@]4(CC[C@]5(C)[C@H]6[C@H](C)C[C@]7(C[C@@H](C)C(=O)O7)O[C@@H]6C[C@@]35C)C[C@@]12OO4. The topological polar surface area (TPSA) is 89.5 Å². The monoisotopic (exact) mass is 546 g/mol. The van der Waals surface area contributed by atoms with Crippen LogP contribution in [0.25, 0.3) is 0 Å². The Kier molecular flexibility index (Phi) is 5.46. The molecule has 218 valence electrons. The summed E-state index contributed by atoms with van der Waals surface area (Å²) in [6, 6.07) is 0. The molecule has 0 N–H and O–H groups in total. The van der Waals surface area contributed by atoms with E-state index in [1.165, 1.54) is 7.11 Å². The van der Waals surface area contributed by atoms with Gasteiger partial charge in [0, 0.05) is 25.2 Å². The van der Waals surface area contributed by atoms with Crippen LogP contribution in [0.5, 0.6) is 0 Å². The number of carbonyl (C=O) groups excluding carboxylic acids is 2. The maximum atomic E-state index is 12.4. The molecule has 7 rings (SSSR count). The van der Waals surface area contributed by atoms with Crippen LogP contribution in [-0.4, -0.2) is 53.8 Å². The summed E-state index contributed by atoms with van der Waals surface area (Å²) >= 11 is 0. The summed E-state index contributed by atoms with van der Waals surface area (Å²) < 4.78 is 24.4. The van der Waals surface area contributed by atoms with E-state index in [1.807, 2.05) is 6.92 Å². The third-order valence-corrected chi connectivity index (χ3v) is 13.1.